The molecule has 0 aromatic rings. The van der Waals surface area contributed by atoms with Gasteiger partial charge in [-0.3, -0.25) is 4.79 Å². The lowest BCUT2D eigenvalue weighted by atomic mass is 9.37. The van der Waals surface area contributed by atoms with Gasteiger partial charge in [0, 0.05) is 33.5 Å². The Kier molecular flexibility index (Phi) is 7.79. The molecular weight excluding hydrogens is 472 g/mol. The van der Waals surface area contributed by atoms with Crippen LogP contribution in [0.2, 0.25) is 0 Å². The van der Waals surface area contributed by atoms with E-state index in [0.29, 0.717) is 16.7 Å². The van der Waals surface area contributed by atoms with Gasteiger partial charge in [0.1, 0.15) is 12.2 Å². The van der Waals surface area contributed by atoms with Crippen molar-refractivity contribution < 1.29 is 33.4 Å². The van der Waals surface area contributed by atoms with Crippen LogP contribution in [-0.2, 0) is 33.4 Å². The minimum Gasteiger partial charge on any atom is -0.454 e. The van der Waals surface area contributed by atoms with E-state index in [-0.39, 0.29) is 17.6 Å². The summed E-state index contributed by atoms with van der Waals surface area (Å²) in [7, 11) is 0. The Bertz CT molecular complexity index is 1130. The van der Waals surface area contributed by atoms with E-state index in [4.69, 9.17) is 14.2 Å². The Hall–Kier alpha value is -2.96. The zero-order chi connectivity index (χ0) is 28.0. The molecule has 37 heavy (non-hydrogen) atoms. The standard InChI is InChI=1S/C30H40O7/c1-11-15(4)26(32)35-23-24(36-27(33)16(5)12-2)29(8,9)22-20-18(7)14-19(31)21(22)30(20,10)25(23)37-28(34)17(6)13-3/h11-14,20-25H,1-10H3/b15-11-,16-12-,17-13-/t20-,21+,22-,23+,24+,25+,30+/m0/s1. The summed E-state index contributed by atoms with van der Waals surface area (Å²) in [5.74, 6) is -2.54. The van der Waals surface area contributed by atoms with Crippen molar-refractivity contribution in [1.82, 2.24) is 0 Å². The minimum absolute atomic E-state index is 0.0456. The zero-order valence-electron chi connectivity index (χ0n) is 23.6. The van der Waals surface area contributed by atoms with Crippen molar-refractivity contribution in [2.75, 3.05) is 0 Å². The summed E-state index contributed by atoms with van der Waals surface area (Å²) in [4.78, 5) is 52.8. The smallest absolute Gasteiger partial charge is 0.333 e. The number of rotatable bonds is 6. The minimum atomic E-state index is -1.12. The molecule has 0 N–H and O–H groups in total. The van der Waals surface area contributed by atoms with Crippen molar-refractivity contribution in [1.29, 1.82) is 0 Å². The molecule has 7 nitrogen and oxygen atoms in total. The van der Waals surface area contributed by atoms with Crippen molar-refractivity contribution in [2.45, 2.75) is 87.5 Å². The van der Waals surface area contributed by atoms with Crippen LogP contribution in [0.15, 0.2) is 46.6 Å². The van der Waals surface area contributed by atoms with E-state index in [2.05, 4.69) is 0 Å². The van der Waals surface area contributed by atoms with E-state index in [1.54, 1.807) is 65.8 Å². The molecule has 4 rings (SSSR count). The van der Waals surface area contributed by atoms with E-state index < -0.39 is 53.0 Å². The van der Waals surface area contributed by atoms with Gasteiger partial charge in [0.2, 0.25) is 0 Å². The molecule has 0 aliphatic heterocycles. The molecule has 7 atom stereocenters. The van der Waals surface area contributed by atoms with Crippen molar-refractivity contribution >= 4 is 23.7 Å². The highest BCUT2D eigenvalue weighted by atomic mass is 16.6. The lowest BCUT2D eigenvalue weighted by Gasteiger charge is -2.65. The summed E-state index contributed by atoms with van der Waals surface area (Å²) in [5.41, 5.74) is 0.431. The second-order valence-corrected chi connectivity index (χ2v) is 11.4. The number of hydrogen-bond acceptors (Lipinski definition) is 7. The van der Waals surface area contributed by atoms with Crippen LogP contribution in [-0.4, -0.2) is 42.0 Å². The predicted molar refractivity (Wildman–Crippen MR) is 139 cm³/mol. The lowest BCUT2D eigenvalue weighted by Crippen LogP contribution is -2.68. The van der Waals surface area contributed by atoms with Gasteiger partial charge in [-0.05, 0) is 66.4 Å². The average molecular weight is 513 g/mol. The molecule has 4 bridgehead atoms. The number of carbonyl (C=O) groups is 4. The zero-order valence-corrected chi connectivity index (χ0v) is 23.6. The molecule has 0 aromatic carbocycles. The first-order valence-corrected chi connectivity index (χ1v) is 12.9. The quantitative estimate of drug-likeness (QED) is 0.279. The normalized spacial score (nSPS) is 35.0. The van der Waals surface area contributed by atoms with Crippen molar-refractivity contribution in [2.24, 2.45) is 28.6 Å². The molecule has 0 unspecified atom stereocenters. The Morgan fingerprint density at radius 2 is 1.19 bits per heavy atom. The number of esters is 3. The van der Waals surface area contributed by atoms with Gasteiger partial charge in [-0.1, -0.05) is 44.6 Å². The first kappa shape index (κ1) is 28.6. The second-order valence-electron chi connectivity index (χ2n) is 11.4. The highest BCUT2D eigenvalue weighted by molar-refractivity contribution is 5.97. The molecule has 0 aromatic heterocycles. The molecule has 4 aliphatic carbocycles. The number of ether oxygens (including phenoxy) is 3. The van der Waals surface area contributed by atoms with Crippen LogP contribution in [0.3, 0.4) is 0 Å². The maximum Gasteiger partial charge on any atom is 0.333 e. The van der Waals surface area contributed by atoms with Gasteiger partial charge in [-0.25, -0.2) is 14.4 Å². The highest BCUT2D eigenvalue weighted by Crippen LogP contribution is 2.72. The Morgan fingerprint density at radius 3 is 1.62 bits per heavy atom. The van der Waals surface area contributed by atoms with E-state index >= 15 is 0 Å². The monoisotopic (exact) mass is 512 g/mol. The van der Waals surface area contributed by atoms with Gasteiger partial charge in [0.05, 0.1) is 0 Å². The number of fused-ring (bicyclic) bond motifs is 3. The van der Waals surface area contributed by atoms with Gasteiger partial charge >= 0.3 is 17.9 Å². The first-order valence-electron chi connectivity index (χ1n) is 12.9. The molecule has 3 fully saturated rings. The molecule has 7 heteroatoms. The predicted octanol–water partition coefficient (Wildman–Crippen LogP) is 5.06. The van der Waals surface area contributed by atoms with Crippen LogP contribution < -0.4 is 0 Å². The summed E-state index contributed by atoms with van der Waals surface area (Å²) < 4.78 is 18.3. The average Bonchev–Trinajstić information content (AvgIpc) is 2.93. The topological polar surface area (TPSA) is 96.0 Å². The van der Waals surface area contributed by atoms with Gasteiger partial charge in [0.25, 0.3) is 0 Å². The summed E-state index contributed by atoms with van der Waals surface area (Å²) in [6.45, 7) is 17.8. The SMILES string of the molecule is C/C=C(/C)C(=O)O[C@@H]1[C@@H](OC(=O)/C(C)=C\C)C(C)(C)[C@@H]2[C@H]3C(=O)C=C(C)[C@@H]2[C@@]3(C)[C@@H]1OC(=O)/C(C)=C\C. The lowest BCUT2D eigenvalue weighted by molar-refractivity contribution is -0.212. The fourth-order valence-electron chi connectivity index (χ4n) is 6.56. The Morgan fingerprint density at radius 1 is 0.757 bits per heavy atom. The number of allylic oxidation sites excluding steroid dienone is 5. The number of hydrogen-bond donors (Lipinski definition) is 0. The van der Waals surface area contributed by atoms with Crippen LogP contribution in [0, 0.1) is 28.6 Å². The maximum atomic E-state index is 13.4. The molecule has 0 spiro atoms. The molecule has 0 heterocycles. The molecule has 0 radical (unpaired) electrons. The largest absolute Gasteiger partial charge is 0.454 e. The molecule has 0 saturated heterocycles. The highest BCUT2D eigenvalue weighted by Gasteiger charge is 2.77. The number of carbonyl (C=O) groups excluding carboxylic acids is 4. The Labute approximate surface area is 220 Å². The summed E-state index contributed by atoms with van der Waals surface area (Å²) in [6, 6.07) is 0. The van der Waals surface area contributed by atoms with Crippen molar-refractivity contribution in [3.05, 3.63) is 46.6 Å². The fourth-order valence-corrected chi connectivity index (χ4v) is 6.56. The van der Waals surface area contributed by atoms with Crippen molar-refractivity contribution in [3.8, 4) is 0 Å². The molecular formula is C30H40O7. The van der Waals surface area contributed by atoms with Crippen LogP contribution in [0.4, 0.5) is 0 Å². The molecule has 4 aliphatic rings. The third-order valence-electron chi connectivity index (χ3n) is 9.00. The van der Waals surface area contributed by atoms with Crippen LogP contribution in [0.5, 0.6) is 0 Å². The maximum absolute atomic E-state index is 13.4. The molecule has 3 saturated carbocycles. The number of ketones is 1. The first-order chi connectivity index (χ1) is 17.2. The molecule has 202 valence electrons. The summed E-state index contributed by atoms with van der Waals surface area (Å²) in [5, 5.41) is 0. The summed E-state index contributed by atoms with van der Waals surface area (Å²) in [6.07, 6.45) is 3.48. The van der Waals surface area contributed by atoms with Crippen molar-refractivity contribution in [3.63, 3.8) is 0 Å². The fraction of sp³-hybridized carbons (Fsp3) is 0.600. The van der Waals surface area contributed by atoms with Gasteiger partial charge in [-0.15, -0.1) is 0 Å². The van der Waals surface area contributed by atoms with Crippen LogP contribution in [0.25, 0.3) is 0 Å². The second kappa shape index (κ2) is 10.1. The molecule has 0 amide bonds. The summed E-state index contributed by atoms with van der Waals surface area (Å²) >= 11 is 0. The van der Waals surface area contributed by atoms with Gasteiger partial charge in [-0.2, -0.15) is 0 Å². The van der Waals surface area contributed by atoms with E-state index in [9.17, 15) is 19.2 Å². The van der Waals surface area contributed by atoms with Gasteiger partial charge in [0.15, 0.2) is 11.9 Å². The van der Waals surface area contributed by atoms with Crippen LogP contribution >= 0.6 is 0 Å². The van der Waals surface area contributed by atoms with E-state index in [0.717, 1.165) is 5.57 Å². The van der Waals surface area contributed by atoms with Crippen LogP contribution in [0.1, 0.15) is 69.2 Å². The van der Waals surface area contributed by atoms with E-state index in [1.807, 2.05) is 27.7 Å². The van der Waals surface area contributed by atoms with Gasteiger partial charge < -0.3 is 14.2 Å². The third-order valence-corrected chi connectivity index (χ3v) is 9.00. The third kappa shape index (κ3) is 4.40. The van der Waals surface area contributed by atoms with E-state index in [1.165, 1.54) is 0 Å². The Balaban J connectivity index is 2.27.